The van der Waals surface area contributed by atoms with Gasteiger partial charge in [-0.2, -0.15) is 0 Å². The minimum absolute atomic E-state index is 0.226. The second-order valence-electron chi connectivity index (χ2n) is 11.0. The lowest BCUT2D eigenvalue weighted by Crippen LogP contribution is -2.35. The number of hydrogen-bond donors (Lipinski definition) is 3. The van der Waals surface area contributed by atoms with Crippen LogP contribution >= 0.6 is 0 Å². The molecular weight excluding hydrogens is 588 g/mol. The summed E-state index contributed by atoms with van der Waals surface area (Å²) in [6.45, 7) is 1.64. The molecule has 0 saturated carbocycles. The number of aromatic nitrogens is 4. The Balaban J connectivity index is 1.18. The maximum atomic E-state index is 14.2. The Bertz CT molecular complexity index is 2020. The summed E-state index contributed by atoms with van der Waals surface area (Å²) >= 11 is 0. The third kappa shape index (κ3) is 5.87. The van der Waals surface area contributed by atoms with E-state index in [0.29, 0.717) is 39.9 Å². The summed E-state index contributed by atoms with van der Waals surface area (Å²) in [7, 11) is 0. The number of pyridine rings is 1. The fourth-order valence-corrected chi connectivity index (χ4v) is 5.65. The highest BCUT2D eigenvalue weighted by atomic mass is 19.1. The first kappa shape index (κ1) is 29.1. The van der Waals surface area contributed by atoms with Crippen LogP contribution < -0.4 is 15.5 Å². The van der Waals surface area contributed by atoms with Crippen LogP contribution in [0, 0.1) is 11.6 Å². The topological polar surface area (TPSA) is 108 Å². The number of hydrogen-bond acceptors (Lipinski definition) is 7. The fraction of sp³-hybridized carbons (Fsp3) is 0.143. The molecule has 7 rings (SSSR count). The predicted octanol–water partition coefficient (Wildman–Crippen LogP) is 6.69. The molecule has 3 aromatic heterocycles. The summed E-state index contributed by atoms with van der Waals surface area (Å²) in [6.07, 6.45) is 4.86. The van der Waals surface area contributed by atoms with Crippen molar-refractivity contribution in [1.82, 2.24) is 19.4 Å². The van der Waals surface area contributed by atoms with Gasteiger partial charge in [0, 0.05) is 48.1 Å². The maximum absolute atomic E-state index is 14.2. The third-order valence-electron chi connectivity index (χ3n) is 7.96. The Morgan fingerprint density at radius 1 is 0.848 bits per heavy atom. The fourth-order valence-electron chi connectivity index (χ4n) is 5.65. The largest absolute Gasteiger partial charge is 0.393 e. The first-order valence-electron chi connectivity index (χ1n) is 14.9. The van der Waals surface area contributed by atoms with E-state index in [-0.39, 0.29) is 6.10 Å². The van der Waals surface area contributed by atoms with E-state index in [1.165, 1.54) is 6.07 Å². The van der Waals surface area contributed by atoms with Gasteiger partial charge in [-0.25, -0.2) is 23.7 Å². The molecule has 46 heavy (non-hydrogen) atoms. The standard InChI is InChI=1S/C35H29F2N7O2/c36-27-7-4-8-28(37)31(27)34(46)39-24-6-3-5-22(21-24)32-33(44-18-2-1-9-30(44)42-32)29-14-17-38-35(41-29)40-23-10-12-25(13-11-23)43-19-15-26(45)16-20-43/h1-14,17-18,21,26,45H,15-16,19-20H2,(H,39,46)(H,38,40,41). The SMILES string of the molecule is O=C(Nc1cccc(-c2nc3ccccn3c2-c2ccnc(Nc3ccc(N4CCC(O)CC4)cc3)n2)c1)c1c(F)cccc1F. The molecule has 9 nitrogen and oxygen atoms in total. The summed E-state index contributed by atoms with van der Waals surface area (Å²) < 4.78 is 30.4. The number of fused-ring (bicyclic) bond motifs is 1. The van der Waals surface area contributed by atoms with Crippen molar-refractivity contribution < 1.29 is 18.7 Å². The Morgan fingerprint density at radius 2 is 1.61 bits per heavy atom. The van der Waals surface area contributed by atoms with E-state index in [1.807, 2.05) is 59.1 Å². The second-order valence-corrected chi connectivity index (χ2v) is 11.0. The van der Waals surface area contributed by atoms with Crippen LogP contribution in [0.4, 0.5) is 31.8 Å². The number of nitrogens with one attached hydrogen (secondary N) is 2. The van der Waals surface area contributed by atoms with Gasteiger partial charge in [-0.1, -0.05) is 24.3 Å². The zero-order chi connectivity index (χ0) is 31.6. The molecule has 6 aromatic rings. The van der Waals surface area contributed by atoms with Gasteiger partial charge in [0.15, 0.2) is 0 Å². The summed E-state index contributed by atoms with van der Waals surface area (Å²) in [5.74, 6) is -2.38. The molecule has 0 spiro atoms. The van der Waals surface area contributed by atoms with Crippen LogP contribution in [0.1, 0.15) is 23.2 Å². The number of halogens is 2. The third-order valence-corrected chi connectivity index (χ3v) is 7.96. The minimum Gasteiger partial charge on any atom is -0.393 e. The van der Waals surface area contributed by atoms with Crippen LogP contribution in [0.2, 0.25) is 0 Å². The zero-order valence-electron chi connectivity index (χ0n) is 24.6. The molecule has 3 aromatic carbocycles. The van der Waals surface area contributed by atoms with Gasteiger partial charge in [0.05, 0.1) is 23.2 Å². The van der Waals surface area contributed by atoms with Crippen molar-refractivity contribution in [2.75, 3.05) is 28.6 Å². The first-order valence-corrected chi connectivity index (χ1v) is 14.9. The number of benzene rings is 3. The number of aliphatic hydroxyl groups excluding tert-OH is 1. The van der Waals surface area contributed by atoms with E-state index in [4.69, 9.17) is 9.97 Å². The highest BCUT2D eigenvalue weighted by Crippen LogP contribution is 2.34. The van der Waals surface area contributed by atoms with Gasteiger partial charge in [-0.15, -0.1) is 0 Å². The predicted molar refractivity (Wildman–Crippen MR) is 173 cm³/mol. The number of anilines is 4. The molecule has 0 aliphatic carbocycles. The van der Waals surface area contributed by atoms with Gasteiger partial charge in [-0.05, 0) is 79.6 Å². The number of amides is 1. The van der Waals surface area contributed by atoms with Crippen molar-refractivity contribution in [2.45, 2.75) is 18.9 Å². The lowest BCUT2D eigenvalue weighted by Gasteiger charge is -2.31. The van der Waals surface area contributed by atoms with E-state index in [2.05, 4.69) is 20.5 Å². The highest BCUT2D eigenvalue weighted by Gasteiger charge is 2.21. The van der Waals surface area contributed by atoms with Crippen molar-refractivity contribution >= 4 is 34.6 Å². The molecule has 1 fully saturated rings. The lowest BCUT2D eigenvalue weighted by atomic mass is 10.1. The molecule has 4 heterocycles. The molecule has 0 unspecified atom stereocenters. The molecule has 3 N–H and O–H groups in total. The molecule has 1 aliphatic rings. The average Bonchev–Trinajstić information content (AvgIpc) is 3.46. The quantitative estimate of drug-likeness (QED) is 0.183. The van der Waals surface area contributed by atoms with Gasteiger partial charge in [0.1, 0.15) is 22.8 Å². The molecule has 11 heteroatoms. The van der Waals surface area contributed by atoms with Crippen molar-refractivity contribution in [3.8, 4) is 22.6 Å². The molecule has 1 amide bonds. The molecule has 1 aliphatic heterocycles. The molecule has 1 saturated heterocycles. The summed E-state index contributed by atoms with van der Waals surface area (Å²) in [6, 6.07) is 25.7. The number of carbonyl (C=O) groups excluding carboxylic acids is 1. The van der Waals surface area contributed by atoms with E-state index in [0.717, 1.165) is 49.4 Å². The molecular formula is C35H29F2N7O2. The number of imidazole rings is 1. The van der Waals surface area contributed by atoms with E-state index >= 15 is 0 Å². The summed E-state index contributed by atoms with van der Waals surface area (Å²) in [5.41, 5.74) is 4.88. The smallest absolute Gasteiger partial charge is 0.261 e. The monoisotopic (exact) mass is 617 g/mol. The second kappa shape index (κ2) is 12.4. The Kier molecular flexibility index (Phi) is 7.81. The van der Waals surface area contributed by atoms with Gasteiger partial charge < -0.3 is 20.6 Å². The van der Waals surface area contributed by atoms with Crippen LogP contribution in [0.3, 0.4) is 0 Å². The van der Waals surface area contributed by atoms with Crippen molar-refractivity contribution in [1.29, 1.82) is 0 Å². The first-order chi connectivity index (χ1) is 22.4. The number of carbonyl (C=O) groups is 1. The Labute approximate surface area is 263 Å². The molecule has 0 bridgehead atoms. The Morgan fingerprint density at radius 3 is 2.39 bits per heavy atom. The average molecular weight is 618 g/mol. The van der Waals surface area contributed by atoms with Crippen LogP contribution in [0.25, 0.3) is 28.3 Å². The summed E-state index contributed by atoms with van der Waals surface area (Å²) in [5, 5.41) is 15.7. The number of piperidine rings is 1. The number of rotatable bonds is 7. The zero-order valence-corrected chi connectivity index (χ0v) is 24.6. The molecule has 230 valence electrons. The van der Waals surface area contributed by atoms with E-state index < -0.39 is 23.1 Å². The molecule has 0 radical (unpaired) electrons. The maximum Gasteiger partial charge on any atom is 0.261 e. The Hall–Kier alpha value is -5.68. The molecule has 0 atom stereocenters. The van der Waals surface area contributed by atoms with E-state index in [9.17, 15) is 18.7 Å². The number of nitrogens with zero attached hydrogens (tertiary/aromatic N) is 5. The number of aliphatic hydroxyl groups is 1. The van der Waals surface area contributed by atoms with Crippen LogP contribution in [0.15, 0.2) is 103 Å². The highest BCUT2D eigenvalue weighted by molar-refractivity contribution is 6.05. The van der Waals surface area contributed by atoms with Gasteiger partial charge >= 0.3 is 0 Å². The minimum atomic E-state index is -0.942. The van der Waals surface area contributed by atoms with Gasteiger partial charge in [0.25, 0.3) is 5.91 Å². The van der Waals surface area contributed by atoms with Gasteiger partial charge in [-0.3, -0.25) is 9.20 Å². The van der Waals surface area contributed by atoms with Gasteiger partial charge in [0.2, 0.25) is 5.95 Å². The normalized spacial score (nSPS) is 13.6. The van der Waals surface area contributed by atoms with Crippen molar-refractivity contribution in [3.63, 3.8) is 0 Å². The van der Waals surface area contributed by atoms with Crippen LogP contribution in [-0.4, -0.2) is 49.6 Å². The summed E-state index contributed by atoms with van der Waals surface area (Å²) in [4.78, 5) is 29.2. The lowest BCUT2D eigenvalue weighted by molar-refractivity contribution is 0.101. The van der Waals surface area contributed by atoms with Crippen molar-refractivity contribution in [3.05, 3.63) is 121 Å². The van der Waals surface area contributed by atoms with Crippen molar-refractivity contribution in [2.24, 2.45) is 0 Å². The van der Waals surface area contributed by atoms with Crippen LogP contribution in [-0.2, 0) is 0 Å². The van der Waals surface area contributed by atoms with E-state index in [1.54, 1.807) is 30.5 Å². The van der Waals surface area contributed by atoms with Crippen LogP contribution in [0.5, 0.6) is 0 Å².